The van der Waals surface area contributed by atoms with Gasteiger partial charge in [0.05, 0.1) is 11.4 Å². The second-order valence-corrected chi connectivity index (χ2v) is 7.00. The number of para-hydroxylation sites is 1. The SMILES string of the molecule is CCC(=O)Oc1c(N)cccc1NC(=O)OCC1c2ccccc2-c2ccccc21. The molecule has 3 aromatic carbocycles. The highest BCUT2D eigenvalue weighted by molar-refractivity contribution is 5.90. The summed E-state index contributed by atoms with van der Waals surface area (Å²) >= 11 is 0. The van der Waals surface area contributed by atoms with E-state index in [1.54, 1.807) is 25.1 Å². The van der Waals surface area contributed by atoms with Gasteiger partial charge in [0.15, 0.2) is 5.75 Å². The van der Waals surface area contributed by atoms with E-state index in [9.17, 15) is 9.59 Å². The van der Waals surface area contributed by atoms with E-state index in [4.69, 9.17) is 15.2 Å². The van der Waals surface area contributed by atoms with Crippen molar-refractivity contribution >= 4 is 23.4 Å². The summed E-state index contributed by atoms with van der Waals surface area (Å²) in [5.74, 6) is -0.359. The average molecular weight is 402 g/mol. The molecule has 0 unspecified atom stereocenters. The van der Waals surface area contributed by atoms with Gasteiger partial charge in [-0.3, -0.25) is 10.1 Å². The first-order valence-electron chi connectivity index (χ1n) is 9.79. The average Bonchev–Trinajstić information content (AvgIpc) is 3.08. The molecule has 4 rings (SSSR count). The zero-order valence-corrected chi connectivity index (χ0v) is 16.6. The highest BCUT2D eigenvalue weighted by atomic mass is 16.6. The number of carbonyl (C=O) groups excluding carboxylic acids is 2. The zero-order valence-electron chi connectivity index (χ0n) is 16.6. The molecule has 6 nitrogen and oxygen atoms in total. The molecule has 0 atom stereocenters. The van der Waals surface area contributed by atoms with Crippen molar-refractivity contribution in [2.75, 3.05) is 17.7 Å². The number of esters is 1. The van der Waals surface area contributed by atoms with Crippen LogP contribution in [0.15, 0.2) is 66.7 Å². The Kier molecular flexibility index (Phi) is 5.39. The maximum absolute atomic E-state index is 12.5. The molecule has 0 aliphatic heterocycles. The van der Waals surface area contributed by atoms with Gasteiger partial charge in [-0.1, -0.05) is 61.5 Å². The molecule has 1 amide bonds. The molecule has 152 valence electrons. The molecule has 0 saturated carbocycles. The largest absolute Gasteiger partial charge is 0.448 e. The van der Waals surface area contributed by atoms with E-state index in [-0.39, 0.29) is 36.1 Å². The number of rotatable bonds is 5. The number of fused-ring (bicyclic) bond motifs is 3. The zero-order chi connectivity index (χ0) is 21.1. The Balaban J connectivity index is 1.49. The predicted octanol–water partition coefficient (Wildman–Crippen LogP) is 4.95. The van der Waals surface area contributed by atoms with E-state index < -0.39 is 12.1 Å². The molecule has 30 heavy (non-hydrogen) atoms. The van der Waals surface area contributed by atoms with Crippen LogP contribution in [0.1, 0.15) is 30.4 Å². The number of hydrogen-bond acceptors (Lipinski definition) is 5. The van der Waals surface area contributed by atoms with Gasteiger partial charge in [0.25, 0.3) is 0 Å². The van der Waals surface area contributed by atoms with Crippen molar-refractivity contribution in [1.29, 1.82) is 0 Å². The summed E-state index contributed by atoms with van der Waals surface area (Å²) in [5, 5.41) is 2.63. The number of nitrogen functional groups attached to an aromatic ring is 1. The minimum Gasteiger partial charge on any atom is -0.448 e. The molecular weight excluding hydrogens is 380 g/mol. The van der Waals surface area contributed by atoms with Crippen LogP contribution in [0.3, 0.4) is 0 Å². The van der Waals surface area contributed by atoms with Crippen molar-refractivity contribution < 1.29 is 19.1 Å². The van der Waals surface area contributed by atoms with E-state index >= 15 is 0 Å². The lowest BCUT2D eigenvalue weighted by molar-refractivity contribution is -0.133. The molecule has 0 radical (unpaired) electrons. The van der Waals surface area contributed by atoms with Gasteiger partial charge in [0.1, 0.15) is 6.61 Å². The molecule has 3 aromatic rings. The maximum atomic E-state index is 12.5. The standard InChI is InChI=1S/C24H22N2O4/c1-2-22(27)30-23-20(25)12-7-13-21(23)26-24(28)29-14-19-17-10-5-3-8-15(17)16-9-4-6-11-18(16)19/h3-13,19H,2,14,25H2,1H3,(H,26,28). The van der Waals surface area contributed by atoms with Gasteiger partial charge in [0, 0.05) is 12.3 Å². The highest BCUT2D eigenvalue weighted by Crippen LogP contribution is 2.44. The minimum atomic E-state index is -0.642. The van der Waals surface area contributed by atoms with Gasteiger partial charge in [-0.25, -0.2) is 4.79 Å². The number of carbonyl (C=O) groups is 2. The third-order valence-electron chi connectivity index (χ3n) is 5.13. The molecule has 1 aliphatic rings. The van der Waals surface area contributed by atoms with Crippen molar-refractivity contribution in [3.05, 3.63) is 77.9 Å². The van der Waals surface area contributed by atoms with Crippen LogP contribution < -0.4 is 15.8 Å². The third kappa shape index (κ3) is 3.72. The van der Waals surface area contributed by atoms with E-state index in [2.05, 4.69) is 29.6 Å². The Morgan fingerprint density at radius 3 is 2.20 bits per heavy atom. The molecule has 0 aromatic heterocycles. The molecule has 3 N–H and O–H groups in total. The van der Waals surface area contributed by atoms with Crippen molar-refractivity contribution in [1.82, 2.24) is 0 Å². The van der Waals surface area contributed by atoms with Crippen LogP contribution in [0.2, 0.25) is 0 Å². The molecule has 0 bridgehead atoms. The van der Waals surface area contributed by atoms with Crippen LogP contribution in [0, 0.1) is 0 Å². The Bertz CT molecular complexity index is 1060. The number of amides is 1. The molecule has 0 fully saturated rings. The predicted molar refractivity (Wildman–Crippen MR) is 115 cm³/mol. The minimum absolute atomic E-state index is 0.0404. The van der Waals surface area contributed by atoms with E-state index in [0.717, 1.165) is 22.3 Å². The Hall–Kier alpha value is -3.80. The molecule has 1 aliphatic carbocycles. The van der Waals surface area contributed by atoms with Crippen LogP contribution in [0.4, 0.5) is 16.2 Å². The van der Waals surface area contributed by atoms with Gasteiger partial charge >= 0.3 is 12.1 Å². The molecule has 0 saturated heterocycles. The fraction of sp³-hybridized carbons (Fsp3) is 0.167. The van der Waals surface area contributed by atoms with E-state index in [1.165, 1.54) is 0 Å². The quantitative estimate of drug-likeness (QED) is 0.358. The summed E-state index contributed by atoms with van der Waals surface area (Å²) in [7, 11) is 0. The summed E-state index contributed by atoms with van der Waals surface area (Å²) in [6.45, 7) is 1.87. The number of nitrogens with two attached hydrogens (primary N) is 1. The molecule has 0 spiro atoms. The lowest BCUT2D eigenvalue weighted by atomic mass is 9.98. The Labute approximate surface area is 174 Å². The van der Waals surface area contributed by atoms with Crippen LogP contribution >= 0.6 is 0 Å². The van der Waals surface area contributed by atoms with Crippen LogP contribution in [0.25, 0.3) is 11.1 Å². The Morgan fingerprint density at radius 1 is 0.933 bits per heavy atom. The molecule has 0 heterocycles. The summed E-state index contributed by atoms with van der Waals surface area (Å²) in [6, 6.07) is 21.1. The summed E-state index contributed by atoms with van der Waals surface area (Å²) in [4.78, 5) is 24.2. The second-order valence-electron chi connectivity index (χ2n) is 7.00. The number of ether oxygens (including phenoxy) is 2. The first kappa shape index (κ1) is 19.5. The van der Waals surface area contributed by atoms with E-state index in [0.29, 0.717) is 0 Å². The summed E-state index contributed by atoms with van der Waals surface area (Å²) in [6.07, 6.45) is -0.449. The van der Waals surface area contributed by atoms with Gasteiger partial charge in [-0.2, -0.15) is 0 Å². The first-order chi connectivity index (χ1) is 14.6. The van der Waals surface area contributed by atoms with Crippen molar-refractivity contribution in [3.8, 4) is 16.9 Å². The molecule has 6 heteroatoms. The van der Waals surface area contributed by atoms with Crippen molar-refractivity contribution in [2.24, 2.45) is 0 Å². The number of benzene rings is 3. The van der Waals surface area contributed by atoms with Gasteiger partial charge < -0.3 is 15.2 Å². The van der Waals surface area contributed by atoms with Gasteiger partial charge in [0.2, 0.25) is 0 Å². The maximum Gasteiger partial charge on any atom is 0.411 e. The van der Waals surface area contributed by atoms with Gasteiger partial charge in [-0.15, -0.1) is 0 Å². The first-order valence-corrected chi connectivity index (χ1v) is 9.79. The lowest BCUT2D eigenvalue weighted by Crippen LogP contribution is -2.19. The fourth-order valence-corrected chi connectivity index (χ4v) is 3.70. The van der Waals surface area contributed by atoms with Crippen LogP contribution in [-0.2, 0) is 9.53 Å². The molecular formula is C24H22N2O4. The van der Waals surface area contributed by atoms with Gasteiger partial charge in [-0.05, 0) is 34.4 Å². The second kappa shape index (κ2) is 8.29. The lowest BCUT2D eigenvalue weighted by Gasteiger charge is -2.16. The highest BCUT2D eigenvalue weighted by Gasteiger charge is 2.29. The van der Waals surface area contributed by atoms with Crippen LogP contribution in [0.5, 0.6) is 5.75 Å². The fourth-order valence-electron chi connectivity index (χ4n) is 3.70. The number of hydrogen-bond donors (Lipinski definition) is 2. The monoisotopic (exact) mass is 402 g/mol. The topological polar surface area (TPSA) is 90.6 Å². The summed E-state index contributed by atoms with van der Waals surface area (Å²) < 4.78 is 10.8. The normalized spacial score (nSPS) is 12.0. The number of nitrogens with one attached hydrogen (secondary N) is 1. The smallest absolute Gasteiger partial charge is 0.411 e. The van der Waals surface area contributed by atoms with Crippen molar-refractivity contribution in [2.45, 2.75) is 19.3 Å². The Morgan fingerprint density at radius 2 is 1.57 bits per heavy atom. The van der Waals surface area contributed by atoms with E-state index in [1.807, 2.05) is 24.3 Å². The number of anilines is 2. The van der Waals surface area contributed by atoms with Crippen LogP contribution in [-0.4, -0.2) is 18.7 Å². The summed E-state index contributed by atoms with van der Waals surface area (Å²) in [5.41, 5.74) is 11.0. The van der Waals surface area contributed by atoms with Crippen molar-refractivity contribution in [3.63, 3.8) is 0 Å². The third-order valence-corrected chi connectivity index (χ3v) is 5.13.